The van der Waals surface area contributed by atoms with E-state index in [1.165, 1.54) is 7.11 Å². The predicted octanol–water partition coefficient (Wildman–Crippen LogP) is 3.69. The quantitative estimate of drug-likeness (QED) is 0.745. The van der Waals surface area contributed by atoms with Gasteiger partial charge in [0.25, 0.3) is 0 Å². The highest BCUT2D eigenvalue weighted by Gasteiger charge is 2.09. The Labute approximate surface area is 128 Å². The molecule has 3 rings (SSSR count). The van der Waals surface area contributed by atoms with E-state index in [0.717, 1.165) is 22.3 Å². The number of rotatable bonds is 4. The van der Waals surface area contributed by atoms with Crippen LogP contribution >= 0.6 is 0 Å². The Morgan fingerprint density at radius 3 is 2.59 bits per heavy atom. The van der Waals surface area contributed by atoms with E-state index < -0.39 is 0 Å². The van der Waals surface area contributed by atoms with Crippen molar-refractivity contribution in [3.63, 3.8) is 0 Å². The lowest BCUT2D eigenvalue weighted by molar-refractivity contribution is -0.139. The summed E-state index contributed by atoms with van der Waals surface area (Å²) >= 11 is 0. The Bertz CT molecular complexity index is 801. The van der Waals surface area contributed by atoms with Crippen LogP contribution in [0.4, 0.5) is 11.4 Å². The van der Waals surface area contributed by atoms with Crippen molar-refractivity contribution in [2.24, 2.45) is 0 Å². The van der Waals surface area contributed by atoms with Crippen molar-refractivity contribution >= 4 is 28.2 Å². The van der Waals surface area contributed by atoms with Gasteiger partial charge in [-0.05, 0) is 24.3 Å². The molecule has 1 heterocycles. The highest BCUT2D eigenvalue weighted by molar-refractivity contribution is 5.93. The molecule has 0 radical (unpaired) electrons. The summed E-state index contributed by atoms with van der Waals surface area (Å²) in [5.41, 5.74) is 3.45. The zero-order chi connectivity index (χ0) is 15.4. The third-order valence-electron chi connectivity index (χ3n) is 3.38. The van der Waals surface area contributed by atoms with Crippen LogP contribution in [-0.2, 0) is 16.0 Å². The van der Waals surface area contributed by atoms with Gasteiger partial charge in [0.05, 0.1) is 24.7 Å². The first-order valence-electron chi connectivity index (χ1n) is 7.04. The van der Waals surface area contributed by atoms with Gasteiger partial charge in [-0.15, -0.1) is 0 Å². The van der Waals surface area contributed by atoms with Crippen molar-refractivity contribution in [2.75, 3.05) is 12.4 Å². The molecule has 4 heteroatoms. The molecule has 0 bridgehead atoms. The van der Waals surface area contributed by atoms with E-state index >= 15 is 0 Å². The van der Waals surface area contributed by atoms with Crippen molar-refractivity contribution in [1.82, 2.24) is 4.98 Å². The average Bonchev–Trinajstić information content (AvgIpc) is 2.55. The van der Waals surface area contributed by atoms with Crippen molar-refractivity contribution < 1.29 is 9.53 Å². The van der Waals surface area contributed by atoms with Crippen LogP contribution in [0, 0.1) is 0 Å². The van der Waals surface area contributed by atoms with Gasteiger partial charge in [-0.25, -0.2) is 0 Å². The molecule has 22 heavy (non-hydrogen) atoms. The first kappa shape index (κ1) is 14.1. The molecule has 1 N–H and O–H groups in total. The maximum Gasteiger partial charge on any atom is 0.311 e. The summed E-state index contributed by atoms with van der Waals surface area (Å²) < 4.78 is 4.73. The zero-order valence-electron chi connectivity index (χ0n) is 12.2. The molecule has 0 aliphatic carbocycles. The second-order valence-electron chi connectivity index (χ2n) is 4.92. The number of hydrogen-bond donors (Lipinski definition) is 1. The van der Waals surface area contributed by atoms with E-state index in [-0.39, 0.29) is 12.4 Å². The molecule has 3 aromatic rings. The number of nitrogens with zero attached hydrogens (tertiary/aromatic N) is 1. The van der Waals surface area contributed by atoms with Crippen LogP contribution in [0.5, 0.6) is 0 Å². The van der Waals surface area contributed by atoms with Crippen LogP contribution in [0.15, 0.2) is 60.7 Å². The Morgan fingerprint density at radius 2 is 1.82 bits per heavy atom. The first-order chi connectivity index (χ1) is 10.8. The number of carbonyl (C=O) groups excluding carboxylic acids is 1. The number of benzene rings is 2. The second kappa shape index (κ2) is 6.26. The monoisotopic (exact) mass is 292 g/mol. The standard InChI is InChI=1S/C18H16N2O2/c1-22-18(21)12-14-11-17(19-13-7-3-2-4-8-13)15-9-5-6-10-16(15)20-14/h2-11H,12H2,1H3,(H,19,20). The maximum absolute atomic E-state index is 11.5. The summed E-state index contributed by atoms with van der Waals surface area (Å²) in [6, 6.07) is 19.7. The molecule has 0 amide bonds. The maximum atomic E-state index is 11.5. The predicted molar refractivity (Wildman–Crippen MR) is 87.2 cm³/mol. The van der Waals surface area contributed by atoms with Crippen molar-refractivity contribution in [2.45, 2.75) is 6.42 Å². The van der Waals surface area contributed by atoms with Crippen molar-refractivity contribution in [1.29, 1.82) is 0 Å². The number of pyridine rings is 1. The van der Waals surface area contributed by atoms with Gasteiger partial charge in [0, 0.05) is 16.8 Å². The van der Waals surface area contributed by atoms with Crippen LogP contribution < -0.4 is 5.32 Å². The minimum absolute atomic E-state index is 0.158. The van der Waals surface area contributed by atoms with Crippen LogP contribution in [-0.4, -0.2) is 18.1 Å². The van der Waals surface area contributed by atoms with E-state index in [0.29, 0.717) is 5.69 Å². The van der Waals surface area contributed by atoms with Gasteiger partial charge in [-0.3, -0.25) is 9.78 Å². The molecule has 0 aliphatic rings. The van der Waals surface area contributed by atoms with Gasteiger partial charge in [-0.1, -0.05) is 36.4 Å². The molecule has 2 aromatic carbocycles. The number of anilines is 2. The summed E-state index contributed by atoms with van der Waals surface area (Å²) in [4.78, 5) is 16.0. The Kier molecular flexibility index (Phi) is 4.01. The molecule has 1 aromatic heterocycles. The van der Waals surface area contributed by atoms with E-state index in [1.54, 1.807) is 0 Å². The van der Waals surface area contributed by atoms with Crippen molar-refractivity contribution in [3.8, 4) is 0 Å². The third-order valence-corrected chi connectivity index (χ3v) is 3.38. The van der Waals surface area contributed by atoms with Crippen LogP contribution in [0.2, 0.25) is 0 Å². The highest BCUT2D eigenvalue weighted by Crippen LogP contribution is 2.26. The summed E-state index contributed by atoms with van der Waals surface area (Å²) in [5, 5.41) is 4.40. The number of ether oxygens (including phenoxy) is 1. The number of nitrogens with one attached hydrogen (secondary N) is 1. The molecule has 0 saturated carbocycles. The van der Waals surface area contributed by atoms with Gasteiger partial charge < -0.3 is 10.1 Å². The lowest BCUT2D eigenvalue weighted by Gasteiger charge is -2.11. The van der Waals surface area contributed by atoms with E-state index in [1.807, 2.05) is 60.7 Å². The smallest absolute Gasteiger partial charge is 0.311 e. The largest absolute Gasteiger partial charge is 0.469 e. The van der Waals surface area contributed by atoms with Gasteiger partial charge in [-0.2, -0.15) is 0 Å². The fourth-order valence-corrected chi connectivity index (χ4v) is 2.32. The number of para-hydroxylation sites is 2. The zero-order valence-corrected chi connectivity index (χ0v) is 12.2. The fourth-order valence-electron chi connectivity index (χ4n) is 2.32. The molecule has 0 saturated heterocycles. The number of esters is 1. The lowest BCUT2D eigenvalue weighted by Crippen LogP contribution is -2.07. The molecule has 110 valence electrons. The third kappa shape index (κ3) is 3.06. The number of methoxy groups -OCH3 is 1. The van der Waals surface area contributed by atoms with Crippen LogP contribution in [0.25, 0.3) is 10.9 Å². The van der Waals surface area contributed by atoms with E-state index in [2.05, 4.69) is 10.3 Å². The molecular formula is C18H16N2O2. The average molecular weight is 292 g/mol. The first-order valence-corrected chi connectivity index (χ1v) is 7.04. The summed E-state index contributed by atoms with van der Waals surface area (Å²) in [7, 11) is 1.38. The molecule has 0 spiro atoms. The summed E-state index contributed by atoms with van der Waals surface area (Å²) in [6.45, 7) is 0. The Balaban J connectivity index is 2.04. The minimum atomic E-state index is -0.298. The normalized spacial score (nSPS) is 10.4. The highest BCUT2D eigenvalue weighted by atomic mass is 16.5. The number of hydrogen-bond acceptors (Lipinski definition) is 4. The van der Waals surface area contributed by atoms with Crippen LogP contribution in [0.3, 0.4) is 0 Å². The molecule has 0 aliphatic heterocycles. The molecule has 0 unspecified atom stereocenters. The number of carbonyl (C=O) groups is 1. The topological polar surface area (TPSA) is 51.2 Å². The number of fused-ring (bicyclic) bond motifs is 1. The molecule has 0 atom stereocenters. The van der Waals surface area contributed by atoms with Gasteiger partial charge in [0.2, 0.25) is 0 Å². The molecular weight excluding hydrogens is 276 g/mol. The van der Waals surface area contributed by atoms with Crippen LogP contribution in [0.1, 0.15) is 5.69 Å². The fraction of sp³-hybridized carbons (Fsp3) is 0.111. The van der Waals surface area contributed by atoms with Gasteiger partial charge in [0.15, 0.2) is 0 Å². The summed E-state index contributed by atoms with van der Waals surface area (Å²) in [5.74, 6) is -0.298. The van der Waals surface area contributed by atoms with Gasteiger partial charge >= 0.3 is 5.97 Å². The SMILES string of the molecule is COC(=O)Cc1cc(Nc2ccccc2)c2ccccc2n1. The van der Waals surface area contributed by atoms with E-state index in [9.17, 15) is 4.79 Å². The second-order valence-corrected chi connectivity index (χ2v) is 4.92. The lowest BCUT2D eigenvalue weighted by atomic mass is 10.1. The Hall–Kier alpha value is -2.88. The van der Waals surface area contributed by atoms with Gasteiger partial charge in [0.1, 0.15) is 0 Å². The molecule has 0 fully saturated rings. The minimum Gasteiger partial charge on any atom is -0.469 e. The van der Waals surface area contributed by atoms with E-state index in [4.69, 9.17) is 4.74 Å². The Morgan fingerprint density at radius 1 is 1.09 bits per heavy atom. The summed E-state index contributed by atoms with van der Waals surface area (Å²) in [6.07, 6.45) is 0.158. The van der Waals surface area contributed by atoms with Crippen molar-refractivity contribution in [3.05, 3.63) is 66.4 Å². The molecule has 4 nitrogen and oxygen atoms in total. The number of aromatic nitrogens is 1.